The Morgan fingerprint density at radius 2 is 2.07 bits per heavy atom. The SMILES string of the molecule is C=C1c2ncncc2-c2nccc(C)c21. The van der Waals surface area contributed by atoms with Crippen LogP contribution in [0.1, 0.15) is 16.8 Å². The summed E-state index contributed by atoms with van der Waals surface area (Å²) in [6.45, 7) is 6.13. The first-order valence-electron chi connectivity index (χ1n) is 4.74. The van der Waals surface area contributed by atoms with Gasteiger partial charge in [-0.25, -0.2) is 9.97 Å². The van der Waals surface area contributed by atoms with Gasteiger partial charge in [0.15, 0.2) is 0 Å². The van der Waals surface area contributed by atoms with E-state index in [1.807, 2.05) is 12.3 Å². The molecule has 0 amide bonds. The van der Waals surface area contributed by atoms with Crippen molar-refractivity contribution in [1.29, 1.82) is 0 Å². The molecule has 0 spiro atoms. The minimum atomic E-state index is 0.904. The molecule has 0 atom stereocenters. The summed E-state index contributed by atoms with van der Waals surface area (Å²) in [5.41, 5.74) is 6.09. The molecule has 2 aromatic heterocycles. The highest BCUT2D eigenvalue weighted by atomic mass is 14.8. The predicted octanol–water partition coefficient (Wildman–Crippen LogP) is 2.22. The number of nitrogens with zero attached hydrogens (tertiary/aromatic N) is 3. The second-order valence-electron chi connectivity index (χ2n) is 3.62. The smallest absolute Gasteiger partial charge is 0.116 e. The zero-order valence-corrected chi connectivity index (χ0v) is 8.36. The fraction of sp³-hybridized carbons (Fsp3) is 0.0833. The van der Waals surface area contributed by atoms with Crippen molar-refractivity contribution in [3.8, 4) is 11.3 Å². The Kier molecular flexibility index (Phi) is 1.51. The molecule has 15 heavy (non-hydrogen) atoms. The third-order valence-corrected chi connectivity index (χ3v) is 2.71. The van der Waals surface area contributed by atoms with Crippen molar-refractivity contribution in [2.45, 2.75) is 6.92 Å². The van der Waals surface area contributed by atoms with Gasteiger partial charge in [-0.05, 0) is 18.6 Å². The first-order chi connectivity index (χ1) is 7.29. The number of aryl methyl sites for hydroxylation is 1. The molecule has 0 unspecified atom stereocenters. The number of hydrogen-bond donors (Lipinski definition) is 0. The van der Waals surface area contributed by atoms with Crippen LogP contribution in [-0.4, -0.2) is 15.0 Å². The highest BCUT2D eigenvalue weighted by Crippen LogP contribution is 2.41. The Balaban J connectivity index is 2.43. The molecule has 1 aliphatic rings. The van der Waals surface area contributed by atoms with Crippen LogP contribution in [0.5, 0.6) is 0 Å². The van der Waals surface area contributed by atoms with Crippen LogP contribution in [0.25, 0.3) is 16.8 Å². The average Bonchev–Trinajstić information content (AvgIpc) is 2.55. The molecule has 0 saturated carbocycles. The van der Waals surface area contributed by atoms with Gasteiger partial charge in [0.2, 0.25) is 0 Å². The van der Waals surface area contributed by atoms with Crippen molar-refractivity contribution in [3.63, 3.8) is 0 Å². The molecule has 0 aliphatic heterocycles. The van der Waals surface area contributed by atoms with Crippen LogP contribution in [0.3, 0.4) is 0 Å². The highest BCUT2D eigenvalue weighted by Gasteiger charge is 2.25. The Bertz CT molecular complexity index is 573. The summed E-state index contributed by atoms with van der Waals surface area (Å²) < 4.78 is 0. The minimum absolute atomic E-state index is 0.904. The lowest BCUT2D eigenvalue weighted by Crippen LogP contribution is -1.87. The molecule has 0 saturated heterocycles. The van der Waals surface area contributed by atoms with Crippen LogP contribution in [-0.2, 0) is 0 Å². The maximum Gasteiger partial charge on any atom is 0.116 e. The van der Waals surface area contributed by atoms with E-state index in [9.17, 15) is 0 Å². The first kappa shape index (κ1) is 8.29. The van der Waals surface area contributed by atoms with E-state index in [1.165, 1.54) is 5.56 Å². The van der Waals surface area contributed by atoms with Gasteiger partial charge in [-0.1, -0.05) is 6.58 Å². The quantitative estimate of drug-likeness (QED) is 0.552. The Morgan fingerprint density at radius 3 is 2.93 bits per heavy atom. The van der Waals surface area contributed by atoms with Crippen molar-refractivity contribution in [1.82, 2.24) is 15.0 Å². The standard InChI is InChI=1S/C12H9N3/c1-7-3-4-14-12-9-5-13-6-15-11(9)8(2)10(7)12/h3-6H,2H2,1H3. The van der Waals surface area contributed by atoms with Gasteiger partial charge < -0.3 is 0 Å². The zero-order chi connectivity index (χ0) is 10.4. The molecule has 72 valence electrons. The second-order valence-corrected chi connectivity index (χ2v) is 3.62. The number of hydrogen-bond acceptors (Lipinski definition) is 3. The minimum Gasteiger partial charge on any atom is -0.255 e. The molecule has 1 aliphatic carbocycles. The number of fused-ring (bicyclic) bond motifs is 3. The molecule has 3 heteroatoms. The van der Waals surface area contributed by atoms with Crippen molar-refractivity contribution in [2.24, 2.45) is 0 Å². The summed E-state index contributed by atoms with van der Waals surface area (Å²) in [4.78, 5) is 12.6. The fourth-order valence-electron chi connectivity index (χ4n) is 2.01. The summed E-state index contributed by atoms with van der Waals surface area (Å²) in [6, 6.07) is 1.99. The molecular weight excluding hydrogens is 186 g/mol. The van der Waals surface area contributed by atoms with E-state index >= 15 is 0 Å². The highest BCUT2D eigenvalue weighted by molar-refractivity contribution is 5.97. The van der Waals surface area contributed by atoms with Crippen molar-refractivity contribution in [3.05, 3.63) is 48.2 Å². The summed E-state index contributed by atoms with van der Waals surface area (Å²) in [5, 5.41) is 0. The molecule has 2 aromatic rings. The number of pyridine rings is 1. The topological polar surface area (TPSA) is 38.7 Å². The normalized spacial score (nSPS) is 12.5. The molecule has 0 radical (unpaired) electrons. The maximum absolute atomic E-state index is 4.37. The number of aromatic nitrogens is 3. The van der Waals surface area contributed by atoms with E-state index in [4.69, 9.17) is 0 Å². The van der Waals surface area contributed by atoms with Crippen molar-refractivity contribution in [2.75, 3.05) is 0 Å². The monoisotopic (exact) mass is 195 g/mol. The van der Waals surface area contributed by atoms with Crippen LogP contribution in [0.2, 0.25) is 0 Å². The molecule has 0 bridgehead atoms. The molecule has 2 heterocycles. The first-order valence-corrected chi connectivity index (χ1v) is 4.74. The lowest BCUT2D eigenvalue weighted by Gasteiger charge is -2.02. The Morgan fingerprint density at radius 1 is 1.20 bits per heavy atom. The zero-order valence-electron chi connectivity index (χ0n) is 8.36. The molecule has 0 aromatic carbocycles. The third-order valence-electron chi connectivity index (χ3n) is 2.71. The Labute approximate surface area is 87.5 Å². The van der Waals surface area contributed by atoms with Gasteiger partial charge in [-0.2, -0.15) is 0 Å². The van der Waals surface area contributed by atoms with Crippen molar-refractivity contribution < 1.29 is 0 Å². The van der Waals surface area contributed by atoms with E-state index in [0.29, 0.717) is 0 Å². The second kappa shape index (κ2) is 2.73. The van der Waals surface area contributed by atoms with Crippen LogP contribution in [0.15, 0.2) is 31.4 Å². The van der Waals surface area contributed by atoms with Gasteiger partial charge >= 0.3 is 0 Å². The molecule has 3 rings (SSSR count). The lowest BCUT2D eigenvalue weighted by atomic mass is 10.1. The van der Waals surface area contributed by atoms with Gasteiger partial charge in [0.1, 0.15) is 6.33 Å². The van der Waals surface area contributed by atoms with Gasteiger partial charge in [-0.15, -0.1) is 0 Å². The van der Waals surface area contributed by atoms with E-state index in [2.05, 4.69) is 28.5 Å². The predicted molar refractivity (Wildman–Crippen MR) is 58.1 cm³/mol. The van der Waals surface area contributed by atoms with E-state index < -0.39 is 0 Å². The average molecular weight is 195 g/mol. The Hall–Kier alpha value is -2.03. The fourth-order valence-corrected chi connectivity index (χ4v) is 2.01. The summed E-state index contributed by atoms with van der Waals surface area (Å²) in [7, 11) is 0. The lowest BCUT2D eigenvalue weighted by molar-refractivity contribution is 1.15. The van der Waals surface area contributed by atoms with Gasteiger partial charge in [0, 0.05) is 29.1 Å². The molecule has 0 fully saturated rings. The summed E-state index contributed by atoms with van der Waals surface area (Å²) in [6.07, 6.45) is 5.15. The van der Waals surface area contributed by atoms with E-state index in [1.54, 1.807) is 12.5 Å². The largest absolute Gasteiger partial charge is 0.255 e. The maximum atomic E-state index is 4.37. The van der Waals surface area contributed by atoms with Gasteiger partial charge in [0.05, 0.1) is 11.4 Å². The summed E-state index contributed by atoms with van der Waals surface area (Å²) in [5.74, 6) is 0. The van der Waals surface area contributed by atoms with E-state index in [-0.39, 0.29) is 0 Å². The molecule has 0 N–H and O–H groups in total. The molecular formula is C12H9N3. The molecule has 3 nitrogen and oxygen atoms in total. The van der Waals surface area contributed by atoms with Crippen LogP contribution in [0, 0.1) is 6.92 Å². The van der Waals surface area contributed by atoms with Gasteiger partial charge in [-0.3, -0.25) is 4.98 Å². The number of rotatable bonds is 0. The van der Waals surface area contributed by atoms with Crippen LogP contribution < -0.4 is 0 Å². The third kappa shape index (κ3) is 0.973. The van der Waals surface area contributed by atoms with Crippen molar-refractivity contribution >= 4 is 5.57 Å². The van der Waals surface area contributed by atoms with E-state index in [0.717, 1.165) is 28.1 Å². The van der Waals surface area contributed by atoms with Crippen LogP contribution >= 0.6 is 0 Å². The van der Waals surface area contributed by atoms with Gasteiger partial charge in [0.25, 0.3) is 0 Å². The van der Waals surface area contributed by atoms with Crippen LogP contribution in [0.4, 0.5) is 0 Å². The summed E-state index contributed by atoms with van der Waals surface area (Å²) >= 11 is 0.